The molecule has 1 fully saturated rings. The summed E-state index contributed by atoms with van der Waals surface area (Å²) in [6.07, 6.45) is 6.00. The Balaban J connectivity index is 2.11. The molecular formula is C14H17ClN2. The van der Waals surface area contributed by atoms with Crippen molar-refractivity contribution >= 4 is 22.5 Å². The van der Waals surface area contributed by atoms with E-state index in [-0.39, 0.29) is 6.04 Å². The lowest BCUT2D eigenvalue weighted by atomic mass is 9.77. The number of nitrogens with zero attached hydrogens (tertiary/aromatic N) is 1. The Morgan fingerprint density at radius 2 is 2.18 bits per heavy atom. The van der Waals surface area contributed by atoms with Crippen LogP contribution in [0.15, 0.2) is 24.4 Å². The molecule has 1 heterocycles. The predicted molar refractivity (Wildman–Crippen MR) is 72.2 cm³/mol. The number of benzene rings is 1. The van der Waals surface area contributed by atoms with Crippen LogP contribution >= 0.6 is 11.6 Å². The van der Waals surface area contributed by atoms with E-state index in [1.807, 2.05) is 12.1 Å². The fourth-order valence-electron chi connectivity index (χ4n) is 2.71. The summed E-state index contributed by atoms with van der Waals surface area (Å²) >= 11 is 6.08. The van der Waals surface area contributed by atoms with Crippen LogP contribution in [0.1, 0.15) is 30.9 Å². The van der Waals surface area contributed by atoms with Crippen LogP contribution in [-0.4, -0.2) is 4.57 Å². The van der Waals surface area contributed by atoms with Gasteiger partial charge in [-0.2, -0.15) is 0 Å². The molecule has 3 heteroatoms. The summed E-state index contributed by atoms with van der Waals surface area (Å²) in [6.45, 7) is 0. The Morgan fingerprint density at radius 1 is 1.41 bits per heavy atom. The van der Waals surface area contributed by atoms with E-state index in [9.17, 15) is 0 Å². The molecule has 17 heavy (non-hydrogen) atoms. The van der Waals surface area contributed by atoms with Crippen molar-refractivity contribution in [3.63, 3.8) is 0 Å². The number of hydrogen-bond acceptors (Lipinski definition) is 1. The summed E-state index contributed by atoms with van der Waals surface area (Å²) in [5.74, 6) is 0.652. The second-order valence-corrected chi connectivity index (χ2v) is 5.51. The molecule has 2 nitrogen and oxygen atoms in total. The molecule has 1 aliphatic rings. The summed E-state index contributed by atoms with van der Waals surface area (Å²) in [5.41, 5.74) is 8.83. The normalized spacial score (nSPS) is 18.3. The first-order chi connectivity index (χ1) is 8.16. The fraction of sp³-hybridized carbons (Fsp3) is 0.429. The molecule has 0 radical (unpaired) electrons. The van der Waals surface area contributed by atoms with Crippen LogP contribution in [-0.2, 0) is 7.05 Å². The first-order valence-electron chi connectivity index (χ1n) is 6.17. The van der Waals surface area contributed by atoms with Crippen molar-refractivity contribution < 1.29 is 0 Å². The molecule has 1 aromatic carbocycles. The summed E-state index contributed by atoms with van der Waals surface area (Å²) in [4.78, 5) is 0. The molecule has 0 amide bonds. The van der Waals surface area contributed by atoms with Crippen molar-refractivity contribution in [1.29, 1.82) is 0 Å². The third-order valence-corrected chi connectivity index (χ3v) is 4.23. The zero-order valence-corrected chi connectivity index (χ0v) is 10.7. The lowest BCUT2D eigenvalue weighted by Gasteiger charge is -2.31. The average molecular weight is 249 g/mol. The highest BCUT2D eigenvalue weighted by molar-refractivity contribution is 6.31. The zero-order chi connectivity index (χ0) is 12.0. The van der Waals surface area contributed by atoms with E-state index in [0.717, 1.165) is 5.02 Å². The first-order valence-corrected chi connectivity index (χ1v) is 6.54. The molecule has 0 spiro atoms. The first kappa shape index (κ1) is 11.1. The molecule has 1 saturated carbocycles. The molecule has 2 N–H and O–H groups in total. The number of aromatic nitrogens is 1. The highest BCUT2D eigenvalue weighted by Gasteiger charge is 2.27. The van der Waals surface area contributed by atoms with Crippen LogP contribution in [0.2, 0.25) is 5.02 Å². The highest BCUT2D eigenvalue weighted by Crippen LogP contribution is 2.39. The monoisotopic (exact) mass is 248 g/mol. The number of rotatable bonds is 2. The van der Waals surface area contributed by atoms with Crippen molar-refractivity contribution in [1.82, 2.24) is 4.57 Å². The van der Waals surface area contributed by atoms with E-state index < -0.39 is 0 Å². The number of hydrogen-bond donors (Lipinski definition) is 1. The topological polar surface area (TPSA) is 30.9 Å². The molecule has 0 aliphatic heterocycles. The van der Waals surface area contributed by atoms with Gasteiger partial charge >= 0.3 is 0 Å². The summed E-state index contributed by atoms with van der Waals surface area (Å²) in [7, 11) is 2.06. The van der Waals surface area contributed by atoms with Gasteiger partial charge in [-0.3, -0.25) is 0 Å². The maximum absolute atomic E-state index is 6.37. The molecule has 1 aliphatic carbocycles. The minimum Gasteiger partial charge on any atom is -0.350 e. The minimum atomic E-state index is 0.158. The molecule has 90 valence electrons. The van der Waals surface area contributed by atoms with Crippen LogP contribution in [0.5, 0.6) is 0 Å². The van der Waals surface area contributed by atoms with Gasteiger partial charge < -0.3 is 10.3 Å². The number of nitrogens with two attached hydrogens (primary N) is 1. The second kappa shape index (κ2) is 4.04. The van der Waals surface area contributed by atoms with E-state index in [1.165, 1.54) is 35.7 Å². The predicted octanol–water partition coefficient (Wildman–Crippen LogP) is 3.63. The van der Waals surface area contributed by atoms with Crippen LogP contribution in [0, 0.1) is 5.92 Å². The van der Waals surface area contributed by atoms with E-state index in [1.54, 1.807) is 0 Å². The van der Waals surface area contributed by atoms with Crippen molar-refractivity contribution in [2.75, 3.05) is 0 Å². The molecule has 3 rings (SSSR count). The van der Waals surface area contributed by atoms with Gasteiger partial charge in [-0.15, -0.1) is 0 Å². The molecule has 1 unspecified atom stereocenters. The lowest BCUT2D eigenvalue weighted by molar-refractivity contribution is 0.265. The maximum Gasteiger partial charge on any atom is 0.0482 e. The van der Waals surface area contributed by atoms with Gasteiger partial charge in [0.1, 0.15) is 0 Å². The smallest absolute Gasteiger partial charge is 0.0482 e. The number of fused-ring (bicyclic) bond motifs is 1. The van der Waals surface area contributed by atoms with E-state index in [2.05, 4.69) is 23.9 Å². The number of halogens is 1. The third kappa shape index (κ3) is 1.76. The Morgan fingerprint density at radius 3 is 2.82 bits per heavy atom. The quantitative estimate of drug-likeness (QED) is 0.865. The lowest BCUT2D eigenvalue weighted by Crippen LogP contribution is -2.26. The van der Waals surface area contributed by atoms with Crippen molar-refractivity contribution in [3.8, 4) is 0 Å². The largest absolute Gasteiger partial charge is 0.350 e. The molecule has 0 saturated heterocycles. The van der Waals surface area contributed by atoms with Crippen molar-refractivity contribution in [3.05, 3.63) is 35.0 Å². The van der Waals surface area contributed by atoms with Crippen molar-refractivity contribution in [2.24, 2.45) is 18.7 Å². The second-order valence-electron chi connectivity index (χ2n) is 5.07. The van der Waals surface area contributed by atoms with Gasteiger partial charge in [0.2, 0.25) is 0 Å². The van der Waals surface area contributed by atoms with Gasteiger partial charge in [0.05, 0.1) is 0 Å². The van der Waals surface area contributed by atoms with Crippen LogP contribution in [0.4, 0.5) is 0 Å². The Hall–Kier alpha value is -0.990. The molecular weight excluding hydrogens is 232 g/mol. The van der Waals surface area contributed by atoms with Gasteiger partial charge in [-0.05, 0) is 42.5 Å². The van der Waals surface area contributed by atoms with E-state index in [4.69, 9.17) is 17.3 Å². The molecule has 1 atom stereocenters. The van der Waals surface area contributed by atoms with Gasteiger partial charge in [-0.25, -0.2) is 0 Å². The molecule has 2 aromatic rings. The maximum atomic E-state index is 6.37. The van der Waals surface area contributed by atoms with Crippen LogP contribution < -0.4 is 5.73 Å². The van der Waals surface area contributed by atoms with Crippen LogP contribution in [0.3, 0.4) is 0 Å². The standard InChI is InChI=1S/C14H17ClN2/c1-17-8-12(14(16)9-3-2-4-9)11-7-10(15)5-6-13(11)17/h5-9,14H,2-4,16H2,1H3. The summed E-state index contributed by atoms with van der Waals surface area (Å²) < 4.78 is 2.14. The van der Waals surface area contributed by atoms with Gasteiger partial charge in [-0.1, -0.05) is 18.0 Å². The van der Waals surface area contributed by atoms with Crippen molar-refractivity contribution in [2.45, 2.75) is 25.3 Å². The fourth-order valence-corrected chi connectivity index (χ4v) is 2.89. The number of aryl methyl sites for hydroxylation is 1. The molecule has 1 aromatic heterocycles. The average Bonchev–Trinajstić information content (AvgIpc) is 2.53. The Kier molecular flexibility index (Phi) is 2.64. The Labute approximate surface area is 106 Å². The third-order valence-electron chi connectivity index (χ3n) is 4.00. The summed E-state index contributed by atoms with van der Waals surface area (Å²) in [6, 6.07) is 6.19. The van der Waals surface area contributed by atoms with Gasteiger partial charge in [0.15, 0.2) is 0 Å². The highest BCUT2D eigenvalue weighted by atomic mass is 35.5. The van der Waals surface area contributed by atoms with E-state index in [0.29, 0.717) is 5.92 Å². The van der Waals surface area contributed by atoms with Gasteiger partial charge in [0, 0.05) is 35.2 Å². The van der Waals surface area contributed by atoms with Crippen LogP contribution in [0.25, 0.3) is 10.9 Å². The van der Waals surface area contributed by atoms with E-state index >= 15 is 0 Å². The van der Waals surface area contributed by atoms with Gasteiger partial charge in [0.25, 0.3) is 0 Å². The zero-order valence-electron chi connectivity index (χ0n) is 9.99. The summed E-state index contributed by atoms with van der Waals surface area (Å²) in [5, 5.41) is 1.99. The SMILES string of the molecule is Cn1cc(C(N)C2CCC2)c2cc(Cl)ccc21. The Bertz CT molecular complexity index is 555. The molecule has 0 bridgehead atoms. The minimum absolute atomic E-state index is 0.158.